The van der Waals surface area contributed by atoms with Crippen molar-refractivity contribution in [1.82, 2.24) is 19.7 Å². The van der Waals surface area contributed by atoms with E-state index in [9.17, 15) is 10.1 Å². The first-order valence-corrected chi connectivity index (χ1v) is 9.04. The number of nitro groups is 1. The maximum absolute atomic E-state index is 11.2. The van der Waals surface area contributed by atoms with Gasteiger partial charge in [0.05, 0.1) is 27.3 Å². The minimum Gasteiger partial charge on any atom is -0.337 e. The normalized spacial score (nSPS) is 11.0. The van der Waals surface area contributed by atoms with Crippen LogP contribution in [-0.2, 0) is 0 Å². The van der Waals surface area contributed by atoms with Gasteiger partial charge in [-0.15, -0.1) is 0 Å². The van der Waals surface area contributed by atoms with E-state index in [1.165, 1.54) is 12.1 Å². The molecule has 0 spiro atoms. The predicted molar refractivity (Wildman–Crippen MR) is 111 cm³/mol. The Balaban J connectivity index is 1.71. The summed E-state index contributed by atoms with van der Waals surface area (Å²) in [7, 11) is 0. The smallest absolute Gasteiger partial charge is 0.270 e. The maximum atomic E-state index is 11.2. The summed E-state index contributed by atoms with van der Waals surface area (Å²) in [5.41, 5.74) is 4.77. The Bertz CT molecular complexity index is 1300. The van der Waals surface area contributed by atoms with Crippen molar-refractivity contribution in [1.29, 1.82) is 0 Å². The number of para-hydroxylation sites is 3. The Morgan fingerprint density at radius 1 is 0.897 bits per heavy atom. The Hall–Kier alpha value is -4.26. The van der Waals surface area contributed by atoms with E-state index in [1.807, 2.05) is 66.7 Å². The second-order valence-electron chi connectivity index (χ2n) is 6.57. The van der Waals surface area contributed by atoms with Crippen LogP contribution >= 0.6 is 0 Å². The molecular formula is C22H15N5O2. The van der Waals surface area contributed by atoms with E-state index in [1.54, 1.807) is 10.7 Å². The molecule has 7 nitrogen and oxygen atoms in total. The third-order valence-corrected chi connectivity index (χ3v) is 4.69. The molecule has 2 heterocycles. The zero-order valence-corrected chi connectivity index (χ0v) is 15.2. The standard InChI is InChI=1S/C22H15N5O2/c28-27(29)17-10-6-7-15(13-17)20-14-21(26(25-20)16-8-2-1-3-9-16)22-23-18-11-4-5-12-19(18)24-22/h1-14H,(H,23,24). The summed E-state index contributed by atoms with van der Waals surface area (Å²) in [6.45, 7) is 0. The van der Waals surface area contributed by atoms with E-state index in [0.29, 0.717) is 17.1 Å². The fraction of sp³-hybridized carbons (Fsp3) is 0. The number of nitrogens with zero attached hydrogens (tertiary/aromatic N) is 4. The van der Waals surface area contributed by atoms with Crippen LogP contribution in [0.3, 0.4) is 0 Å². The molecule has 0 unspecified atom stereocenters. The summed E-state index contributed by atoms with van der Waals surface area (Å²) in [5, 5.41) is 15.9. The predicted octanol–water partition coefficient (Wildman–Crippen LogP) is 4.99. The average molecular weight is 381 g/mol. The molecule has 0 saturated heterocycles. The first-order chi connectivity index (χ1) is 14.2. The Kier molecular flexibility index (Phi) is 3.91. The number of imidazole rings is 1. The van der Waals surface area contributed by atoms with Crippen LogP contribution in [0.1, 0.15) is 0 Å². The van der Waals surface area contributed by atoms with E-state index in [2.05, 4.69) is 4.98 Å². The molecule has 1 N–H and O–H groups in total. The van der Waals surface area contributed by atoms with Crippen LogP contribution in [0.4, 0.5) is 5.69 Å². The summed E-state index contributed by atoms with van der Waals surface area (Å²) in [6.07, 6.45) is 0. The van der Waals surface area contributed by atoms with E-state index in [4.69, 9.17) is 10.1 Å². The number of rotatable bonds is 4. The number of H-pyrrole nitrogens is 1. The topological polar surface area (TPSA) is 89.6 Å². The third kappa shape index (κ3) is 3.04. The number of fused-ring (bicyclic) bond motifs is 1. The number of nitrogens with one attached hydrogen (secondary N) is 1. The number of hydrogen-bond donors (Lipinski definition) is 1. The Morgan fingerprint density at radius 2 is 1.69 bits per heavy atom. The molecule has 0 saturated carbocycles. The van der Waals surface area contributed by atoms with Gasteiger partial charge in [-0.25, -0.2) is 9.67 Å². The minimum atomic E-state index is -0.405. The molecule has 140 valence electrons. The van der Waals surface area contributed by atoms with Gasteiger partial charge >= 0.3 is 0 Å². The van der Waals surface area contributed by atoms with Crippen molar-refractivity contribution in [2.75, 3.05) is 0 Å². The summed E-state index contributed by atoms with van der Waals surface area (Å²) in [6, 6.07) is 25.9. The number of aromatic amines is 1. The molecule has 0 fully saturated rings. The molecule has 5 rings (SSSR count). The van der Waals surface area contributed by atoms with Gasteiger partial charge in [-0.3, -0.25) is 10.1 Å². The highest BCUT2D eigenvalue weighted by Gasteiger charge is 2.17. The van der Waals surface area contributed by atoms with E-state index in [0.717, 1.165) is 22.4 Å². The van der Waals surface area contributed by atoms with E-state index in [-0.39, 0.29) is 5.69 Å². The summed E-state index contributed by atoms with van der Waals surface area (Å²) in [4.78, 5) is 18.8. The van der Waals surface area contributed by atoms with Crippen LogP contribution < -0.4 is 0 Å². The lowest BCUT2D eigenvalue weighted by atomic mass is 10.1. The van der Waals surface area contributed by atoms with Crippen molar-refractivity contribution in [3.05, 3.63) is 95.0 Å². The largest absolute Gasteiger partial charge is 0.337 e. The van der Waals surface area contributed by atoms with Crippen LogP contribution in [0.25, 0.3) is 39.5 Å². The first-order valence-electron chi connectivity index (χ1n) is 9.04. The molecule has 29 heavy (non-hydrogen) atoms. The molecule has 0 aliphatic carbocycles. The van der Waals surface area contributed by atoms with Crippen molar-refractivity contribution in [3.8, 4) is 28.5 Å². The van der Waals surface area contributed by atoms with Gasteiger partial charge in [0.25, 0.3) is 5.69 Å². The highest BCUT2D eigenvalue weighted by atomic mass is 16.6. The second kappa shape index (κ2) is 6.72. The monoisotopic (exact) mass is 381 g/mol. The van der Waals surface area contributed by atoms with E-state index < -0.39 is 4.92 Å². The van der Waals surface area contributed by atoms with Gasteiger partial charge in [-0.1, -0.05) is 42.5 Å². The molecule has 0 aliphatic rings. The van der Waals surface area contributed by atoms with Crippen molar-refractivity contribution in [2.45, 2.75) is 0 Å². The molecule has 0 aliphatic heterocycles. The fourth-order valence-corrected chi connectivity index (χ4v) is 3.31. The van der Waals surface area contributed by atoms with Gasteiger partial charge in [0.1, 0.15) is 5.69 Å². The van der Waals surface area contributed by atoms with Crippen LogP contribution in [0, 0.1) is 10.1 Å². The molecule has 3 aromatic carbocycles. The molecule has 0 amide bonds. The van der Waals surface area contributed by atoms with Crippen LogP contribution in [-0.4, -0.2) is 24.7 Å². The van der Waals surface area contributed by atoms with Gasteiger partial charge in [0.2, 0.25) is 0 Å². The lowest BCUT2D eigenvalue weighted by molar-refractivity contribution is -0.384. The average Bonchev–Trinajstić information content (AvgIpc) is 3.39. The van der Waals surface area contributed by atoms with Crippen molar-refractivity contribution < 1.29 is 4.92 Å². The highest BCUT2D eigenvalue weighted by Crippen LogP contribution is 2.30. The maximum Gasteiger partial charge on any atom is 0.270 e. The van der Waals surface area contributed by atoms with Gasteiger partial charge in [0, 0.05) is 17.7 Å². The molecule has 0 atom stereocenters. The van der Waals surface area contributed by atoms with Gasteiger partial charge < -0.3 is 4.98 Å². The molecule has 7 heteroatoms. The fourth-order valence-electron chi connectivity index (χ4n) is 3.31. The van der Waals surface area contributed by atoms with Crippen molar-refractivity contribution in [2.24, 2.45) is 0 Å². The SMILES string of the molecule is O=[N+]([O-])c1cccc(-c2cc(-c3nc4ccccc4[nH]3)n(-c3ccccc3)n2)c1. The minimum absolute atomic E-state index is 0.0297. The number of benzene rings is 3. The van der Waals surface area contributed by atoms with Crippen molar-refractivity contribution in [3.63, 3.8) is 0 Å². The zero-order valence-electron chi connectivity index (χ0n) is 15.2. The number of nitro benzene ring substituents is 1. The van der Waals surface area contributed by atoms with Crippen LogP contribution in [0.5, 0.6) is 0 Å². The Labute approximate surface area is 165 Å². The number of non-ortho nitro benzene ring substituents is 1. The van der Waals surface area contributed by atoms with Crippen LogP contribution in [0.15, 0.2) is 84.9 Å². The van der Waals surface area contributed by atoms with E-state index >= 15 is 0 Å². The van der Waals surface area contributed by atoms with Crippen LogP contribution in [0.2, 0.25) is 0 Å². The summed E-state index contributed by atoms with van der Waals surface area (Å²) < 4.78 is 1.80. The molecule has 2 aromatic heterocycles. The molecule has 0 radical (unpaired) electrons. The van der Waals surface area contributed by atoms with Gasteiger partial charge in [0.15, 0.2) is 5.82 Å². The summed E-state index contributed by atoms with van der Waals surface area (Å²) in [5.74, 6) is 0.680. The van der Waals surface area contributed by atoms with Gasteiger partial charge in [-0.2, -0.15) is 5.10 Å². The number of aromatic nitrogens is 4. The second-order valence-corrected chi connectivity index (χ2v) is 6.57. The molecule has 5 aromatic rings. The lowest BCUT2D eigenvalue weighted by Crippen LogP contribution is -1.99. The van der Waals surface area contributed by atoms with Gasteiger partial charge in [-0.05, 0) is 30.3 Å². The lowest BCUT2D eigenvalue weighted by Gasteiger charge is -2.05. The quantitative estimate of drug-likeness (QED) is 0.351. The third-order valence-electron chi connectivity index (χ3n) is 4.69. The molecular weight excluding hydrogens is 366 g/mol. The first kappa shape index (κ1) is 16.9. The Morgan fingerprint density at radius 3 is 2.48 bits per heavy atom. The number of hydrogen-bond acceptors (Lipinski definition) is 4. The zero-order chi connectivity index (χ0) is 19.8. The van der Waals surface area contributed by atoms with Crippen molar-refractivity contribution >= 4 is 16.7 Å². The summed E-state index contributed by atoms with van der Waals surface area (Å²) >= 11 is 0. The molecule has 0 bridgehead atoms. The highest BCUT2D eigenvalue weighted by molar-refractivity contribution is 5.80.